The molecule has 3 nitrogen and oxygen atoms in total. The van der Waals surface area contributed by atoms with Crippen LogP contribution < -0.4 is 5.32 Å². The standard InChI is InChI=1S/C15H24N2OS/c1-12-9-16-15(14-7-5-4-6-8-14)11-17(12)10-13(2)19(3)18/h4-8,12-13,15-16H,9-11H2,1-3H3. The highest BCUT2D eigenvalue weighted by molar-refractivity contribution is 7.84. The van der Waals surface area contributed by atoms with Crippen molar-refractivity contribution in [2.45, 2.75) is 31.2 Å². The van der Waals surface area contributed by atoms with Gasteiger partial charge in [-0.1, -0.05) is 30.3 Å². The number of hydrogen-bond donors (Lipinski definition) is 1. The van der Waals surface area contributed by atoms with Crippen LogP contribution in [0.4, 0.5) is 0 Å². The first-order chi connectivity index (χ1) is 9.08. The van der Waals surface area contributed by atoms with E-state index in [0.29, 0.717) is 12.1 Å². The van der Waals surface area contributed by atoms with Crippen LogP contribution in [-0.2, 0) is 10.8 Å². The fraction of sp³-hybridized carbons (Fsp3) is 0.600. The van der Waals surface area contributed by atoms with Crippen LogP contribution in [0.15, 0.2) is 30.3 Å². The second kappa shape index (κ2) is 6.64. The summed E-state index contributed by atoms with van der Waals surface area (Å²) in [4.78, 5) is 2.46. The van der Waals surface area contributed by atoms with Crippen LogP contribution in [0.5, 0.6) is 0 Å². The molecular weight excluding hydrogens is 256 g/mol. The fourth-order valence-electron chi connectivity index (χ4n) is 2.52. The highest BCUT2D eigenvalue weighted by Gasteiger charge is 2.27. The van der Waals surface area contributed by atoms with Gasteiger partial charge >= 0.3 is 0 Å². The molecule has 1 N–H and O–H groups in total. The van der Waals surface area contributed by atoms with Crippen LogP contribution in [0.25, 0.3) is 0 Å². The smallest absolute Gasteiger partial charge is 0.0449 e. The maximum absolute atomic E-state index is 11.5. The Morgan fingerprint density at radius 1 is 1.42 bits per heavy atom. The maximum atomic E-state index is 11.5. The van der Waals surface area contributed by atoms with Gasteiger partial charge in [0.2, 0.25) is 0 Å². The van der Waals surface area contributed by atoms with Crippen molar-refractivity contribution in [3.05, 3.63) is 35.9 Å². The number of hydrogen-bond acceptors (Lipinski definition) is 3. The molecule has 1 aliphatic heterocycles. The zero-order valence-electron chi connectivity index (χ0n) is 12.0. The monoisotopic (exact) mass is 280 g/mol. The molecule has 19 heavy (non-hydrogen) atoms. The van der Waals surface area contributed by atoms with Gasteiger partial charge in [0.05, 0.1) is 0 Å². The second-order valence-electron chi connectivity index (χ2n) is 5.48. The summed E-state index contributed by atoms with van der Waals surface area (Å²) in [6.07, 6.45) is 1.80. The molecule has 1 fully saturated rings. The molecule has 4 atom stereocenters. The van der Waals surface area contributed by atoms with E-state index >= 15 is 0 Å². The van der Waals surface area contributed by atoms with E-state index in [4.69, 9.17) is 0 Å². The average molecular weight is 280 g/mol. The van der Waals surface area contributed by atoms with Gasteiger partial charge in [-0.25, -0.2) is 0 Å². The molecular formula is C15H24N2OS. The molecule has 0 spiro atoms. The number of piperazine rings is 1. The summed E-state index contributed by atoms with van der Waals surface area (Å²) in [6, 6.07) is 11.5. The molecule has 2 rings (SSSR count). The lowest BCUT2D eigenvalue weighted by atomic mass is 10.0. The largest absolute Gasteiger partial charge is 0.307 e. The highest BCUT2D eigenvalue weighted by Crippen LogP contribution is 2.20. The van der Waals surface area contributed by atoms with Crippen molar-refractivity contribution < 1.29 is 4.21 Å². The summed E-state index contributed by atoms with van der Waals surface area (Å²) >= 11 is 0. The predicted molar refractivity (Wildman–Crippen MR) is 81.7 cm³/mol. The molecule has 4 heteroatoms. The van der Waals surface area contributed by atoms with E-state index in [2.05, 4.69) is 54.4 Å². The van der Waals surface area contributed by atoms with Gasteiger partial charge < -0.3 is 5.32 Å². The average Bonchev–Trinajstić information content (AvgIpc) is 2.42. The van der Waals surface area contributed by atoms with Gasteiger partial charge in [0.1, 0.15) is 0 Å². The zero-order chi connectivity index (χ0) is 13.8. The topological polar surface area (TPSA) is 32.3 Å². The maximum Gasteiger partial charge on any atom is 0.0449 e. The lowest BCUT2D eigenvalue weighted by Crippen LogP contribution is -2.53. The first-order valence-electron chi connectivity index (χ1n) is 6.92. The van der Waals surface area contributed by atoms with Crippen molar-refractivity contribution in [1.29, 1.82) is 0 Å². The van der Waals surface area contributed by atoms with Gasteiger partial charge in [0, 0.05) is 54.0 Å². The third kappa shape index (κ3) is 3.88. The highest BCUT2D eigenvalue weighted by atomic mass is 32.2. The van der Waals surface area contributed by atoms with Crippen molar-refractivity contribution in [2.24, 2.45) is 0 Å². The Kier molecular flexibility index (Phi) is 5.13. The van der Waals surface area contributed by atoms with E-state index in [1.165, 1.54) is 5.56 Å². The van der Waals surface area contributed by atoms with Crippen LogP contribution in [0.2, 0.25) is 0 Å². The number of benzene rings is 1. The van der Waals surface area contributed by atoms with Gasteiger partial charge in [0.25, 0.3) is 0 Å². The predicted octanol–water partition coefficient (Wildman–Crippen LogP) is 1.79. The summed E-state index contributed by atoms with van der Waals surface area (Å²) in [5.74, 6) is 0. The van der Waals surface area contributed by atoms with E-state index < -0.39 is 10.8 Å². The van der Waals surface area contributed by atoms with Gasteiger partial charge in [-0.2, -0.15) is 0 Å². The van der Waals surface area contributed by atoms with Crippen LogP contribution >= 0.6 is 0 Å². The van der Waals surface area contributed by atoms with E-state index in [-0.39, 0.29) is 5.25 Å². The van der Waals surface area contributed by atoms with Gasteiger partial charge in [-0.3, -0.25) is 9.11 Å². The normalized spacial score (nSPS) is 27.9. The van der Waals surface area contributed by atoms with Crippen LogP contribution in [-0.4, -0.2) is 46.3 Å². The molecule has 4 unspecified atom stereocenters. The van der Waals surface area contributed by atoms with Crippen molar-refractivity contribution in [3.63, 3.8) is 0 Å². The summed E-state index contributed by atoms with van der Waals surface area (Å²) in [6.45, 7) is 7.20. The first kappa shape index (κ1) is 14.7. The van der Waals surface area contributed by atoms with E-state index in [1.54, 1.807) is 6.26 Å². The van der Waals surface area contributed by atoms with Crippen LogP contribution in [0.3, 0.4) is 0 Å². The molecule has 106 valence electrons. The minimum absolute atomic E-state index is 0.233. The summed E-state index contributed by atoms with van der Waals surface area (Å²) in [5, 5.41) is 3.83. The minimum Gasteiger partial charge on any atom is -0.307 e. The van der Waals surface area contributed by atoms with E-state index in [9.17, 15) is 4.21 Å². The van der Waals surface area contributed by atoms with E-state index in [1.807, 2.05) is 0 Å². The molecule has 0 saturated carbocycles. The zero-order valence-corrected chi connectivity index (χ0v) is 12.8. The van der Waals surface area contributed by atoms with Gasteiger partial charge in [-0.15, -0.1) is 0 Å². The van der Waals surface area contributed by atoms with Crippen LogP contribution in [0, 0.1) is 0 Å². The number of nitrogens with zero attached hydrogens (tertiary/aromatic N) is 1. The molecule has 0 aromatic heterocycles. The fourth-order valence-corrected chi connectivity index (χ4v) is 2.92. The lowest BCUT2D eigenvalue weighted by molar-refractivity contribution is 0.143. The first-order valence-corrected chi connectivity index (χ1v) is 8.54. The van der Waals surface area contributed by atoms with Crippen LogP contribution in [0.1, 0.15) is 25.5 Å². The Morgan fingerprint density at radius 2 is 2.11 bits per heavy atom. The molecule has 1 saturated heterocycles. The SMILES string of the molecule is CC1CNC(c2ccccc2)CN1CC(C)S(C)=O. The molecule has 0 aliphatic carbocycles. The molecule has 0 amide bonds. The Hall–Kier alpha value is -0.710. The number of nitrogens with one attached hydrogen (secondary N) is 1. The van der Waals surface area contributed by atoms with Gasteiger partial charge in [-0.05, 0) is 19.4 Å². The van der Waals surface area contributed by atoms with Crippen molar-refractivity contribution in [3.8, 4) is 0 Å². The van der Waals surface area contributed by atoms with E-state index in [0.717, 1.165) is 19.6 Å². The Balaban J connectivity index is 2.02. The quantitative estimate of drug-likeness (QED) is 0.912. The Bertz CT molecular complexity index is 423. The summed E-state index contributed by atoms with van der Waals surface area (Å²) < 4.78 is 11.5. The molecule has 1 aromatic rings. The number of rotatable bonds is 4. The second-order valence-corrected chi connectivity index (χ2v) is 7.29. The van der Waals surface area contributed by atoms with Crippen molar-refractivity contribution in [2.75, 3.05) is 25.9 Å². The van der Waals surface area contributed by atoms with Crippen molar-refractivity contribution in [1.82, 2.24) is 10.2 Å². The molecule has 1 aliphatic rings. The van der Waals surface area contributed by atoms with Gasteiger partial charge in [0.15, 0.2) is 0 Å². The Morgan fingerprint density at radius 3 is 2.74 bits per heavy atom. The third-order valence-electron chi connectivity index (χ3n) is 3.96. The molecule has 1 aromatic carbocycles. The molecule has 1 heterocycles. The molecule has 0 radical (unpaired) electrons. The summed E-state index contributed by atoms with van der Waals surface area (Å²) in [7, 11) is -0.745. The molecule has 0 bridgehead atoms. The minimum atomic E-state index is -0.745. The van der Waals surface area contributed by atoms with Crippen molar-refractivity contribution >= 4 is 10.8 Å². The summed E-state index contributed by atoms with van der Waals surface area (Å²) in [5.41, 5.74) is 1.34. The third-order valence-corrected chi connectivity index (χ3v) is 5.24. The lowest BCUT2D eigenvalue weighted by Gasteiger charge is -2.40. The Labute approximate surface area is 118 Å².